The van der Waals surface area contributed by atoms with Gasteiger partial charge in [0.05, 0.1) is 0 Å². The third-order valence-electron chi connectivity index (χ3n) is 7.62. The van der Waals surface area contributed by atoms with Crippen molar-refractivity contribution in [3.63, 3.8) is 0 Å². The van der Waals surface area contributed by atoms with Crippen molar-refractivity contribution in [2.24, 2.45) is 0 Å². The second kappa shape index (κ2) is 8.05. The van der Waals surface area contributed by atoms with Crippen LogP contribution < -0.4 is 0 Å². The van der Waals surface area contributed by atoms with Crippen molar-refractivity contribution in [2.75, 3.05) is 0 Å². The molecule has 0 heterocycles. The summed E-state index contributed by atoms with van der Waals surface area (Å²) in [5, 5.41) is 0. The van der Waals surface area contributed by atoms with E-state index < -0.39 is 0 Å². The Kier molecular flexibility index (Phi) is 5.81. The van der Waals surface area contributed by atoms with E-state index in [4.69, 9.17) is 0 Å². The number of fused-ring (bicyclic) bond motifs is 3. The van der Waals surface area contributed by atoms with Crippen LogP contribution in [0.1, 0.15) is 114 Å². The Balaban J connectivity index is 1.89. The second-order valence-corrected chi connectivity index (χ2v) is 12.2. The molecule has 1 atom stereocenters. The van der Waals surface area contributed by atoms with Gasteiger partial charge in [0.2, 0.25) is 0 Å². The summed E-state index contributed by atoms with van der Waals surface area (Å²) in [5.41, 5.74) is 15.4. The largest absolute Gasteiger partial charge is 0.0697 e. The molecule has 2 aliphatic rings. The molecule has 0 nitrogen and oxygen atoms in total. The maximum Gasteiger partial charge on any atom is 0.0240 e. The van der Waals surface area contributed by atoms with E-state index in [1.54, 1.807) is 11.1 Å². The van der Waals surface area contributed by atoms with Gasteiger partial charge in [-0.3, -0.25) is 0 Å². The standard InChI is InChI=1S/C32H42/c1-10-11-12-22-15-20(2)25(16-22)30-21(3)26-17-23-13-14-24(31(4,5)6)18-27(23)28(26)19-29(30)32(7,8)9/h13-16,18-19,25H,10-12,17H2,1-9H3. The smallest absolute Gasteiger partial charge is 0.0240 e. The third-order valence-corrected chi connectivity index (χ3v) is 7.62. The summed E-state index contributed by atoms with van der Waals surface area (Å²) < 4.78 is 0. The number of allylic oxidation sites excluding steroid dienone is 4. The highest BCUT2D eigenvalue weighted by Gasteiger charge is 2.32. The van der Waals surface area contributed by atoms with E-state index in [9.17, 15) is 0 Å². The Morgan fingerprint density at radius 2 is 1.62 bits per heavy atom. The summed E-state index contributed by atoms with van der Waals surface area (Å²) in [7, 11) is 0. The zero-order chi connectivity index (χ0) is 23.4. The van der Waals surface area contributed by atoms with Gasteiger partial charge in [-0.2, -0.15) is 0 Å². The van der Waals surface area contributed by atoms with E-state index in [0.29, 0.717) is 5.92 Å². The number of rotatable bonds is 4. The average Bonchev–Trinajstić information content (AvgIpc) is 3.25. The Morgan fingerprint density at radius 1 is 0.906 bits per heavy atom. The highest BCUT2D eigenvalue weighted by molar-refractivity contribution is 5.81. The Bertz CT molecular complexity index is 1110. The molecular weight excluding hydrogens is 384 g/mol. The minimum absolute atomic E-state index is 0.111. The van der Waals surface area contributed by atoms with Crippen LogP contribution >= 0.6 is 0 Å². The molecule has 2 aromatic carbocycles. The number of unbranched alkanes of at least 4 members (excludes halogenated alkanes) is 1. The molecule has 32 heavy (non-hydrogen) atoms. The fourth-order valence-electron chi connectivity index (χ4n) is 5.63. The van der Waals surface area contributed by atoms with Gasteiger partial charge in [-0.25, -0.2) is 0 Å². The zero-order valence-electron chi connectivity index (χ0n) is 21.9. The van der Waals surface area contributed by atoms with Gasteiger partial charge in [0.15, 0.2) is 0 Å². The molecule has 0 aliphatic heterocycles. The summed E-state index contributed by atoms with van der Waals surface area (Å²) >= 11 is 0. The number of benzene rings is 2. The predicted octanol–water partition coefficient (Wildman–Crippen LogP) is 9.32. The van der Waals surface area contributed by atoms with E-state index >= 15 is 0 Å². The molecule has 2 aromatic rings. The summed E-state index contributed by atoms with van der Waals surface area (Å²) in [6.07, 6.45) is 9.84. The average molecular weight is 427 g/mol. The lowest BCUT2D eigenvalue weighted by Gasteiger charge is -2.30. The maximum atomic E-state index is 2.56. The Hall–Kier alpha value is -2.08. The monoisotopic (exact) mass is 426 g/mol. The first kappa shape index (κ1) is 23.1. The molecule has 0 saturated carbocycles. The molecule has 0 heteroatoms. The van der Waals surface area contributed by atoms with Gasteiger partial charge in [0, 0.05) is 5.92 Å². The van der Waals surface area contributed by atoms with Gasteiger partial charge < -0.3 is 0 Å². The summed E-state index contributed by atoms with van der Waals surface area (Å²) in [5.74, 6) is 0.426. The first-order chi connectivity index (χ1) is 14.9. The van der Waals surface area contributed by atoms with Crippen LogP contribution in [0.15, 0.2) is 47.6 Å². The number of hydrogen-bond donors (Lipinski definition) is 0. The van der Waals surface area contributed by atoms with Crippen molar-refractivity contribution < 1.29 is 0 Å². The molecular formula is C32H42. The molecule has 0 N–H and O–H groups in total. The first-order valence-electron chi connectivity index (χ1n) is 12.6. The van der Waals surface area contributed by atoms with Crippen molar-refractivity contribution in [2.45, 2.75) is 105 Å². The minimum atomic E-state index is 0.111. The van der Waals surface area contributed by atoms with Crippen LogP contribution in [0, 0.1) is 6.92 Å². The van der Waals surface area contributed by atoms with E-state index in [-0.39, 0.29) is 10.8 Å². The van der Waals surface area contributed by atoms with Crippen LogP contribution in [0.25, 0.3) is 11.1 Å². The first-order valence-corrected chi connectivity index (χ1v) is 12.6. The summed E-state index contributed by atoms with van der Waals surface area (Å²) in [6.45, 7) is 21.1. The van der Waals surface area contributed by atoms with Crippen LogP contribution in [-0.4, -0.2) is 0 Å². The van der Waals surface area contributed by atoms with Gasteiger partial charge in [0.25, 0.3) is 0 Å². The fourth-order valence-corrected chi connectivity index (χ4v) is 5.63. The lowest BCUT2D eigenvalue weighted by molar-refractivity contribution is 0.580. The van der Waals surface area contributed by atoms with Crippen LogP contribution in [0.2, 0.25) is 0 Å². The molecule has 1 unspecified atom stereocenters. The quantitative estimate of drug-likeness (QED) is 0.390. The molecule has 0 radical (unpaired) electrons. The third kappa shape index (κ3) is 4.02. The van der Waals surface area contributed by atoms with E-state index in [1.165, 1.54) is 63.8 Å². The maximum absolute atomic E-state index is 2.56. The normalized spacial score (nSPS) is 17.8. The van der Waals surface area contributed by atoms with Gasteiger partial charge >= 0.3 is 0 Å². The topological polar surface area (TPSA) is 0 Å². The minimum Gasteiger partial charge on any atom is -0.0697 e. The van der Waals surface area contributed by atoms with Gasteiger partial charge in [0.1, 0.15) is 0 Å². The Morgan fingerprint density at radius 3 is 2.25 bits per heavy atom. The summed E-state index contributed by atoms with van der Waals surface area (Å²) in [6, 6.07) is 9.75. The van der Waals surface area contributed by atoms with Gasteiger partial charge in [-0.05, 0) is 94.5 Å². The zero-order valence-corrected chi connectivity index (χ0v) is 21.9. The van der Waals surface area contributed by atoms with Crippen LogP contribution in [-0.2, 0) is 17.3 Å². The summed E-state index contributed by atoms with van der Waals surface area (Å²) in [4.78, 5) is 0. The molecule has 0 aromatic heterocycles. The SMILES string of the molecule is CCCCC1=CC(c2c(C(C)(C)C)cc3c(c2C)Cc2ccc(C(C)(C)C)cc2-3)C(C)=C1. The molecule has 0 spiro atoms. The lowest BCUT2D eigenvalue weighted by atomic mass is 9.74. The van der Waals surface area contributed by atoms with E-state index in [1.807, 2.05) is 0 Å². The van der Waals surface area contributed by atoms with Crippen molar-refractivity contribution in [1.82, 2.24) is 0 Å². The number of hydrogen-bond acceptors (Lipinski definition) is 0. The highest BCUT2D eigenvalue weighted by atomic mass is 14.4. The fraction of sp³-hybridized carbons (Fsp3) is 0.500. The molecule has 0 fully saturated rings. The van der Waals surface area contributed by atoms with E-state index in [0.717, 1.165) is 6.42 Å². The second-order valence-electron chi connectivity index (χ2n) is 12.2. The van der Waals surface area contributed by atoms with Crippen LogP contribution in [0.4, 0.5) is 0 Å². The molecule has 0 bridgehead atoms. The van der Waals surface area contributed by atoms with Crippen molar-refractivity contribution in [3.05, 3.63) is 80.9 Å². The van der Waals surface area contributed by atoms with Crippen molar-refractivity contribution >= 4 is 0 Å². The van der Waals surface area contributed by atoms with Gasteiger partial charge in [-0.1, -0.05) is 96.4 Å². The highest BCUT2D eigenvalue weighted by Crippen LogP contribution is 2.48. The van der Waals surface area contributed by atoms with Crippen molar-refractivity contribution in [3.8, 4) is 11.1 Å². The molecule has 2 aliphatic carbocycles. The predicted molar refractivity (Wildman–Crippen MR) is 141 cm³/mol. The lowest BCUT2D eigenvalue weighted by Crippen LogP contribution is -2.18. The molecule has 0 saturated heterocycles. The molecule has 170 valence electrons. The van der Waals surface area contributed by atoms with Crippen molar-refractivity contribution in [1.29, 1.82) is 0 Å². The van der Waals surface area contributed by atoms with E-state index in [2.05, 4.69) is 98.7 Å². The molecule has 4 rings (SSSR count). The van der Waals surface area contributed by atoms with Gasteiger partial charge in [-0.15, -0.1) is 0 Å². The molecule has 0 amide bonds. The van der Waals surface area contributed by atoms with Crippen LogP contribution in [0.3, 0.4) is 0 Å². The Labute approximate surface area is 196 Å². The van der Waals surface area contributed by atoms with Crippen LogP contribution in [0.5, 0.6) is 0 Å².